The van der Waals surface area contributed by atoms with E-state index in [4.69, 9.17) is 24.3 Å². The average Bonchev–Trinajstić information content (AvgIpc) is 3.14. The minimum atomic E-state index is -4.69. The van der Waals surface area contributed by atoms with E-state index in [9.17, 15) is 14.5 Å². The van der Waals surface area contributed by atoms with Crippen molar-refractivity contribution in [2.45, 2.75) is 69.3 Å². The van der Waals surface area contributed by atoms with Crippen molar-refractivity contribution in [3.63, 3.8) is 0 Å². The summed E-state index contributed by atoms with van der Waals surface area (Å²) in [5.41, 5.74) is 0.250. The molecule has 2 aliphatic rings. The van der Waals surface area contributed by atoms with Gasteiger partial charge in [-0.25, -0.2) is 18.3 Å². The van der Waals surface area contributed by atoms with Gasteiger partial charge in [0, 0.05) is 14.1 Å². The summed E-state index contributed by atoms with van der Waals surface area (Å²) < 4.78 is 69.3. The number of carbonyl (C=O) groups is 1. The number of halogens is 2. The molecule has 4 N–H and O–H groups in total. The number of aromatic nitrogens is 4. The lowest BCUT2D eigenvalue weighted by Gasteiger charge is -2.31. The lowest BCUT2D eigenvalue weighted by atomic mass is 9.97. The van der Waals surface area contributed by atoms with Gasteiger partial charge in [0.25, 0.3) is 5.85 Å². The molecule has 0 radical (unpaired) electrons. The van der Waals surface area contributed by atoms with Crippen LogP contribution >= 0.6 is 7.75 Å². The monoisotopic (exact) mass is 611 g/mol. The molecule has 42 heavy (non-hydrogen) atoms. The molecule has 1 aliphatic heterocycles. The van der Waals surface area contributed by atoms with Crippen LogP contribution in [0.2, 0.25) is 0 Å². The number of anilines is 2. The summed E-state index contributed by atoms with van der Waals surface area (Å²) in [7, 11) is -1.31. The average molecular weight is 612 g/mol. The molecule has 1 aromatic carbocycles. The van der Waals surface area contributed by atoms with E-state index in [1.54, 1.807) is 51.0 Å². The third-order valence-corrected chi connectivity index (χ3v) is 8.65. The summed E-state index contributed by atoms with van der Waals surface area (Å²) in [5.74, 6) is -3.78. The van der Waals surface area contributed by atoms with Crippen molar-refractivity contribution < 1.29 is 41.8 Å². The van der Waals surface area contributed by atoms with E-state index < -0.39 is 55.3 Å². The van der Waals surface area contributed by atoms with E-state index in [0.29, 0.717) is 5.82 Å². The van der Waals surface area contributed by atoms with Crippen LogP contribution in [-0.4, -0.2) is 80.1 Å². The third-order valence-electron chi connectivity index (χ3n) is 7.01. The fourth-order valence-corrected chi connectivity index (χ4v) is 6.60. The number of nitrogens with one attached hydrogen (secondary N) is 1. The Balaban J connectivity index is 1.45. The molecule has 0 bridgehead atoms. The number of hydrogen-bond acceptors (Lipinski definition) is 12. The van der Waals surface area contributed by atoms with Crippen LogP contribution in [0.4, 0.5) is 20.5 Å². The summed E-state index contributed by atoms with van der Waals surface area (Å²) in [5, 5.41) is 13.7. The Morgan fingerprint density at radius 1 is 1.24 bits per heavy atom. The number of nitrogens with two attached hydrogens (primary N) is 1. The molecule has 7 atom stereocenters. The number of esters is 1. The van der Waals surface area contributed by atoms with Crippen molar-refractivity contribution >= 4 is 36.6 Å². The Bertz CT molecular complexity index is 1560. The molecule has 3 aromatic rings. The van der Waals surface area contributed by atoms with Gasteiger partial charge in [-0.1, -0.05) is 18.2 Å². The second-order valence-corrected chi connectivity index (χ2v) is 12.5. The molecule has 3 heterocycles. The summed E-state index contributed by atoms with van der Waals surface area (Å²) in [6.07, 6.45) is -3.24. The Kier molecular flexibility index (Phi) is 7.22. The van der Waals surface area contributed by atoms with Gasteiger partial charge < -0.3 is 29.7 Å². The number of fused-ring (bicyclic) bond motifs is 2. The standard InChI is InChI=1S/C25H32F2N7O7P/c1-13(2)38-19(35)14(3)32-42(37,40-15-10-8-7-9-11-15)41-20-24(36)23(4,26)21(39-25(20,24)27)34-12-29-16-17(33(5)6)30-22(28)31-18(16)34/h7-14,20-21,36H,1-6H3,(H,32,37)(H2,28,30,31)/t14-,20?,21+,23-,24-,25+,42?/m0/s1. The molecule has 1 saturated heterocycles. The quantitative estimate of drug-likeness (QED) is 0.226. The van der Waals surface area contributed by atoms with E-state index in [0.717, 1.165) is 17.8 Å². The molecule has 17 heteroatoms. The number of benzene rings is 1. The van der Waals surface area contributed by atoms with Crippen LogP contribution in [0.25, 0.3) is 11.2 Å². The zero-order valence-electron chi connectivity index (χ0n) is 23.7. The first kappa shape index (κ1) is 30.0. The summed E-state index contributed by atoms with van der Waals surface area (Å²) in [4.78, 5) is 26.5. The zero-order chi connectivity index (χ0) is 30.8. The first-order valence-electron chi connectivity index (χ1n) is 13.0. The third kappa shape index (κ3) is 4.67. The minimum absolute atomic E-state index is 0.0308. The predicted octanol–water partition coefficient (Wildman–Crippen LogP) is 2.64. The topological polar surface area (TPSA) is 176 Å². The van der Waals surface area contributed by atoms with Crippen molar-refractivity contribution in [2.75, 3.05) is 24.7 Å². The molecule has 2 aromatic heterocycles. The molecule has 2 unspecified atom stereocenters. The van der Waals surface area contributed by atoms with Crippen molar-refractivity contribution in [2.24, 2.45) is 0 Å². The number of nitrogens with zero attached hydrogens (tertiary/aromatic N) is 5. The molecule has 1 saturated carbocycles. The van der Waals surface area contributed by atoms with Gasteiger partial charge in [0.15, 0.2) is 40.6 Å². The number of imidazole rings is 1. The van der Waals surface area contributed by atoms with E-state index in [1.807, 2.05) is 0 Å². The number of nitrogen functional groups attached to an aromatic ring is 1. The Morgan fingerprint density at radius 3 is 2.48 bits per heavy atom. The van der Waals surface area contributed by atoms with Crippen molar-refractivity contribution in [3.05, 3.63) is 36.7 Å². The number of alkyl halides is 2. The highest BCUT2D eigenvalue weighted by atomic mass is 31.2. The largest absolute Gasteiger partial charge is 0.462 e. The van der Waals surface area contributed by atoms with Gasteiger partial charge in [-0.2, -0.15) is 15.1 Å². The fourth-order valence-electron chi connectivity index (χ4n) is 4.90. The number of rotatable bonds is 10. The molecular weight excluding hydrogens is 579 g/mol. The molecule has 14 nitrogen and oxygen atoms in total. The van der Waals surface area contributed by atoms with Crippen LogP contribution in [0, 0.1) is 0 Å². The highest BCUT2D eigenvalue weighted by Gasteiger charge is 2.96. The maximum absolute atomic E-state index is 16.5. The predicted molar refractivity (Wildman–Crippen MR) is 146 cm³/mol. The molecule has 0 amide bonds. The first-order valence-corrected chi connectivity index (χ1v) is 14.5. The van der Waals surface area contributed by atoms with Crippen LogP contribution in [0.15, 0.2) is 36.7 Å². The number of ether oxygens (including phenoxy) is 2. The van der Waals surface area contributed by atoms with Gasteiger partial charge >= 0.3 is 13.7 Å². The van der Waals surface area contributed by atoms with Gasteiger partial charge in [-0.15, -0.1) is 0 Å². The maximum atomic E-state index is 16.5. The van der Waals surface area contributed by atoms with Crippen LogP contribution < -0.4 is 20.2 Å². The first-order chi connectivity index (χ1) is 19.5. The van der Waals surface area contributed by atoms with Crippen LogP contribution in [0.5, 0.6) is 5.75 Å². The van der Waals surface area contributed by atoms with Crippen LogP contribution in [-0.2, 0) is 23.4 Å². The number of para-hydroxylation sites is 1. The maximum Gasteiger partial charge on any atom is 0.460 e. The second-order valence-electron chi connectivity index (χ2n) is 10.8. The van der Waals surface area contributed by atoms with Gasteiger partial charge in [-0.05, 0) is 39.8 Å². The number of carbonyl (C=O) groups excluding carboxylic acids is 1. The van der Waals surface area contributed by atoms with Gasteiger partial charge in [-0.3, -0.25) is 13.9 Å². The lowest BCUT2D eigenvalue weighted by Crippen LogP contribution is -2.45. The van der Waals surface area contributed by atoms with Crippen molar-refractivity contribution in [1.29, 1.82) is 0 Å². The van der Waals surface area contributed by atoms with E-state index in [1.165, 1.54) is 19.1 Å². The van der Waals surface area contributed by atoms with Crippen LogP contribution in [0.3, 0.4) is 0 Å². The van der Waals surface area contributed by atoms with E-state index in [-0.39, 0.29) is 22.9 Å². The van der Waals surface area contributed by atoms with Gasteiger partial charge in [0.2, 0.25) is 5.95 Å². The van der Waals surface area contributed by atoms with E-state index in [2.05, 4.69) is 20.0 Å². The minimum Gasteiger partial charge on any atom is -0.462 e. The number of aliphatic hydroxyl groups is 1. The SMILES string of the molecule is CC(C)OC(=O)[C@H](C)NP(=O)(Oc1ccccc1)OC1[C@]2(O)[C@@](C)(F)[C@H](n3cnc4c(N(C)C)nc(N)nc43)O[C@]12F. The second kappa shape index (κ2) is 10.1. The molecule has 1 aliphatic carbocycles. The van der Waals surface area contributed by atoms with Gasteiger partial charge in [0.1, 0.15) is 11.8 Å². The van der Waals surface area contributed by atoms with Crippen LogP contribution in [0.1, 0.15) is 33.9 Å². The Labute approximate surface area is 239 Å². The smallest absolute Gasteiger partial charge is 0.460 e. The normalized spacial score (nSPS) is 30.5. The fraction of sp³-hybridized carbons (Fsp3) is 0.520. The molecule has 5 rings (SSSR count). The Hall–Kier alpha value is -3.43. The Morgan fingerprint density at radius 2 is 1.90 bits per heavy atom. The zero-order valence-corrected chi connectivity index (χ0v) is 24.6. The summed E-state index contributed by atoms with van der Waals surface area (Å²) >= 11 is 0. The molecular formula is C25H32F2N7O7P. The summed E-state index contributed by atoms with van der Waals surface area (Å²) in [6.45, 7) is 5.48. The van der Waals surface area contributed by atoms with Crippen molar-refractivity contribution in [3.8, 4) is 5.75 Å². The van der Waals surface area contributed by atoms with E-state index >= 15 is 8.78 Å². The molecule has 228 valence electrons. The lowest BCUT2D eigenvalue weighted by molar-refractivity contribution is -0.156. The molecule has 0 spiro atoms. The molecule has 2 fully saturated rings. The van der Waals surface area contributed by atoms with Gasteiger partial charge in [0.05, 0.1) is 12.4 Å². The number of hydrogen-bond donors (Lipinski definition) is 3. The van der Waals surface area contributed by atoms with Crippen molar-refractivity contribution in [1.82, 2.24) is 24.6 Å². The highest BCUT2D eigenvalue weighted by molar-refractivity contribution is 7.52. The summed E-state index contributed by atoms with van der Waals surface area (Å²) in [6, 6.07) is 6.44. The highest BCUT2D eigenvalue weighted by Crippen LogP contribution is 2.73.